The molecule has 3 heteroatoms. The minimum atomic E-state index is 0.701. The highest BCUT2D eigenvalue weighted by Crippen LogP contribution is 2.37. The van der Waals surface area contributed by atoms with Crippen LogP contribution >= 0.6 is 0 Å². The Morgan fingerprint density at radius 1 is 0.333 bits per heavy atom. The lowest BCUT2D eigenvalue weighted by Crippen LogP contribution is -1.97. The van der Waals surface area contributed by atoms with Crippen molar-refractivity contribution in [2.24, 2.45) is 0 Å². The van der Waals surface area contributed by atoms with Gasteiger partial charge in [0.25, 0.3) is 0 Å². The summed E-state index contributed by atoms with van der Waals surface area (Å²) in [5.41, 5.74) is 9.31. The van der Waals surface area contributed by atoms with Gasteiger partial charge in [-0.3, -0.25) is 4.98 Å². The van der Waals surface area contributed by atoms with Crippen molar-refractivity contribution in [3.8, 4) is 56.2 Å². The zero-order valence-electron chi connectivity index (χ0n) is 26.1. The first kappa shape index (κ1) is 27.8. The van der Waals surface area contributed by atoms with Crippen LogP contribution in [0.3, 0.4) is 0 Å². The minimum absolute atomic E-state index is 0.701. The molecular formula is C45H29N3. The molecule has 7 aromatic carbocycles. The Kier molecular flexibility index (Phi) is 6.80. The lowest BCUT2D eigenvalue weighted by Gasteiger charge is -2.14. The predicted molar refractivity (Wildman–Crippen MR) is 200 cm³/mol. The van der Waals surface area contributed by atoms with E-state index in [0.29, 0.717) is 5.82 Å². The van der Waals surface area contributed by atoms with Gasteiger partial charge in [-0.25, -0.2) is 9.97 Å². The molecule has 9 aromatic rings. The quantitative estimate of drug-likeness (QED) is 0.182. The lowest BCUT2D eigenvalue weighted by molar-refractivity contribution is 1.19. The van der Waals surface area contributed by atoms with Crippen molar-refractivity contribution in [1.82, 2.24) is 15.0 Å². The first-order valence-electron chi connectivity index (χ1n) is 16.2. The third-order valence-corrected chi connectivity index (χ3v) is 9.13. The molecule has 0 spiro atoms. The molecular weight excluding hydrogens is 583 g/mol. The molecule has 0 aliphatic heterocycles. The number of hydrogen-bond acceptors (Lipinski definition) is 3. The molecule has 0 fully saturated rings. The van der Waals surface area contributed by atoms with Crippen molar-refractivity contribution in [1.29, 1.82) is 0 Å². The molecule has 0 amide bonds. The van der Waals surface area contributed by atoms with Gasteiger partial charge in [0.2, 0.25) is 0 Å². The largest absolute Gasteiger partial charge is 0.264 e. The van der Waals surface area contributed by atoms with Crippen molar-refractivity contribution in [2.75, 3.05) is 0 Å². The highest BCUT2D eigenvalue weighted by atomic mass is 14.9. The van der Waals surface area contributed by atoms with E-state index in [1.807, 2.05) is 12.3 Å². The number of rotatable bonds is 5. The average molecular weight is 612 g/mol. The number of aromatic nitrogens is 3. The van der Waals surface area contributed by atoms with E-state index < -0.39 is 0 Å². The average Bonchev–Trinajstić information content (AvgIpc) is 3.17. The molecule has 3 nitrogen and oxygen atoms in total. The Morgan fingerprint density at radius 2 is 0.917 bits per heavy atom. The zero-order chi connectivity index (χ0) is 31.9. The molecule has 2 heterocycles. The SMILES string of the molecule is c1cncc(-c2cccc(-c3cc(-c4cccc(-c5ccc6ccccc6c5)c4)nc(-c4cc5ccccc5c5ccccc45)n3)c2)c1. The van der Waals surface area contributed by atoms with Gasteiger partial charge in [0.1, 0.15) is 0 Å². The monoisotopic (exact) mass is 611 g/mol. The third-order valence-electron chi connectivity index (χ3n) is 9.13. The summed E-state index contributed by atoms with van der Waals surface area (Å²) in [4.78, 5) is 14.9. The number of hydrogen-bond donors (Lipinski definition) is 0. The number of pyridine rings is 1. The molecule has 224 valence electrons. The normalized spacial score (nSPS) is 11.3. The molecule has 0 radical (unpaired) electrons. The van der Waals surface area contributed by atoms with Gasteiger partial charge in [-0.1, -0.05) is 127 Å². The topological polar surface area (TPSA) is 38.7 Å². The van der Waals surface area contributed by atoms with Crippen LogP contribution in [0, 0.1) is 0 Å². The first-order valence-corrected chi connectivity index (χ1v) is 16.2. The number of nitrogens with zero attached hydrogens (tertiary/aromatic N) is 3. The summed E-state index contributed by atoms with van der Waals surface area (Å²) in [7, 11) is 0. The van der Waals surface area contributed by atoms with E-state index in [-0.39, 0.29) is 0 Å². The molecule has 48 heavy (non-hydrogen) atoms. The van der Waals surface area contributed by atoms with Crippen LogP contribution in [0.2, 0.25) is 0 Å². The Labute approximate surface area is 278 Å². The fourth-order valence-electron chi connectivity index (χ4n) is 6.72. The van der Waals surface area contributed by atoms with Crippen LogP contribution in [-0.2, 0) is 0 Å². The summed E-state index contributed by atoms with van der Waals surface area (Å²) < 4.78 is 0. The standard InChI is InChI=1S/C45H29N3/c1-2-11-31-24-34(22-21-30(31)10-1)32-13-7-15-36(25-32)43-28-44(37-16-8-14-33(26-37)38-17-9-23-46-29-38)48-45(47-43)42-27-35-12-3-4-18-39(35)40-19-5-6-20-41(40)42/h1-29H. The van der Waals surface area contributed by atoms with Gasteiger partial charge in [0.05, 0.1) is 11.4 Å². The Hall–Kier alpha value is -6.45. The van der Waals surface area contributed by atoms with E-state index in [0.717, 1.165) is 50.2 Å². The maximum atomic E-state index is 5.30. The molecule has 0 atom stereocenters. The molecule has 0 bridgehead atoms. The summed E-state index contributed by atoms with van der Waals surface area (Å²) in [6.45, 7) is 0. The summed E-state index contributed by atoms with van der Waals surface area (Å²) in [6.07, 6.45) is 3.70. The molecule has 0 N–H and O–H groups in total. The number of fused-ring (bicyclic) bond motifs is 4. The molecule has 0 saturated heterocycles. The van der Waals surface area contributed by atoms with Gasteiger partial charge in [-0.15, -0.1) is 0 Å². The van der Waals surface area contributed by atoms with E-state index >= 15 is 0 Å². The molecule has 0 aliphatic rings. The van der Waals surface area contributed by atoms with Gasteiger partial charge in [-0.2, -0.15) is 0 Å². The predicted octanol–water partition coefficient (Wildman–Crippen LogP) is 11.7. The van der Waals surface area contributed by atoms with Crippen LogP contribution in [-0.4, -0.2) is 15.0 Å². The van der Waals surface area contributed by atoms with E-state index in [9.17, 15) is 0 Å². The van der Waals surface area contributed by atoms with Crippen LogP contribution in [0.4, 0.5) is 0 Å². The Bertz CT molecular complexity index is 2620. The van der Waals surface area contributed by atoms with Crippen molar-refractivity contribution in [2.45, 2.75) is 0 Å². The third kappa shape index (κ3) is 5.08. The van der Waals surface area contributed by atoms with Gasteiger partial charge < -0.3 is 0 Å². The van der Waals surface area contributed by atoms with E-state index in [1.54, 1.807) is 6.20 Å². The second-order valence-electron chi connectivity index (χ2n) is 12.1. The molecule has 0 aliphatic carbocycles. The summed E-state index contributed by atoms with van der Waals surface area (Å²) in [6, 6.07) is 57.9. The molecule has 0 saturated carbocycles. The summed E-state index contributed by atoms with van der Waals surface area (Å²) in [5, 5.41) is 7.17. The Morgan fingerprint density at radius 3 is 1.65 bits per heavy atom. The summed E-state index contributed by atoms with van der Waals surface area (Å²) in [5.74, 6) is 0.701. The lowest BCUT2D eigenvalue weighted by atomic mass is 9.96. The molecule has 2 aromatic heterocycles. The van der Waals surface area contributed by atoms with Gasteiger partial charge in [0.15, 0.2) is 5.82 Å². The van der Waals surface area contributed by atoms with Crippen molar-refractivity contribution >= 4 is 32.3 Å². The van der Waals surface area contributed by atoms with Crippen molar-refractivity contribution in [3.63, 3.8) is 0 Å². The minimum Gasteiger partial charge on any atom is -0.264 e. The van der Waals surface area contributed by atoms with Crippen molar-refractivity contribution < 1.29 is 0 Å². The maximum Gasteiger partial charge on any atom is 0.161 e. The van der Waals surface area contributed by atoms with Gasteiger partial charge >= 0.3 is 0 Å². The van der Waals surface area contributed by atoms with Gasteiger partial charge in [-0.05, 0) is 85.4 Å². The van der Waals surface area contributed by atoms with Gasteiger partial charge in [0, 0.05) is 34.6 Å². The van der Waals surface area contributed by atoms with Crippen LogP contribution in [0.25, 0.3) is 88.5 Å². The zero-order valence-corrected chi connectivity index (χ0v) is 26.1. The van der Waals surface area contributed by atoms with Crippen LogP contribution in [0.15, 0.2) is 176 Å². The maximum absolute atomic E-state index is 5.30. The second kappa shape index (κ2) is 11.7. The highest BCUT2D eigenvalue weighted by Gasteiger charge is 2.16. The fourth-order valence-corrected chi connectivity index (χ4v) is 6.72. The van der Waals surface area contributed by atoms with E-state index in [1.165, 1.54) is 32.5 Å². The van der Waals surface area contributed by atoms with Crippen LogP contribution < -0.4 is 0 Å². The fraction of sp³-hybridized carbons (Fsp3) is 0. The second-order valence-corrected chi connectivity index (χ2v) is 12.1. The molecule has 9 rings (SSSR count). The van der Waals surface area contributed by atoms with Crippen LogP contribution in [0.5, 0.6) is 0 Å². The van der Waals surface area contributed by atoms with E-state index in [2.05, 4.69) is 163 Å². The summed E-state index contributed by atoms with van der Waals surface area (Å²) >= 11 is 0. The van der Waals surface area contributed by atoms with Crippen molar-refractivity contribution in [3.05, 3.63) is 176 Å². The first-order chi connectivity index (χ1) is 23.8. The van der Waals surface area contributed by atoms with Crippen LogP contribution in [0.1, 0.15) is 0 Å². The van der Waals surface area contributed by atoms with E-state index in [4.69, 9.17) is 9.97 Å². The molecule has 0 unspecified atom stereocenters. The Balaban J connectivity index is 1.25. The smallest absolute Gasteiger partial charge is 0.161 e. The highest BCUT2D eigenvalue weighted by molar-refractivity contribution is 6.13. The number of benzene rings is 7.